The molecule has 174 valence electrons. The van der Waals surface area contributed by atoms with Crippen molar-refractivity contribution in [3.05, 3.63) is 30.1 Å². The molecule has 1 aromatic heterocycles. The average molecular weight is 450 g/mol. The number of aromatic nitrogens is 1. The molecule has 1 saturated heterocycles. The number of amides is 2. The molecule has 2 saturated carbocycles. The molecule has 2 aliphatic carbocycles. The first kappa shape index (κ1) is 23.9. The second-order valence-electron chi connectivity index (χ2n) is 9.16. The lowest BCUT2D eigenvalue weighted by Gasteiger charge is -2.29. The van der Waals surface area contributed by atoms with Crippen molar-refractivity contribution in [2.45, 2.75) is 68.9 Å². The zero-order chi connectivity index (χ0) is 23.4. The van der Waals surface area contributed by atoms with Crippen LogP contribution in [-0.4, -0.2) is 57.6 Å². The number of likely N-dealkylation sites (tertiary alicyclic amines) is 1. The highest BCUT2D eigenvalue weighted by Crippen LogP contribution is 2.53. The molecule has 1 atom stereocenters. The van der Waals surface area contributed by atoms with E-state index in [2.05, 4.69) is 10.3 Å². The van der Waals surface area contributed by atoms with Crippen molar-refractivity contribution < 1.29 is 23.5 Å². The van der Waals surface area contributed by atoms with Gasteiger partial charge in [-0.15, -0.1) is 0 Å². The highest BCUT2D eigenvalue weighted by atomic mass is 19.3. The van der Waals surface area contributed by atoms with E-state index < -0.39 is 42.3 Å². The van der Waals surface area contributed by atoms with E-state index in [1.165, 1.54) is 30.1 Å². The largest absolute Gasteiger partial charge is 0.465 e. The number of nitrogens with one attached hydrogen (secondary N) is 1. The molecular weight excluding hydrogens is 420 g/mol. The van der Waals surface area contributed by atoms with Gasteiger partial charge in [-0.25, -0.2) is 13.6 Å². The molecule has 0 bridgehead atoms. The summed E-state index contributed by atoms with van der Waals surface area (Å²) in [6.45, 7) is 1.52. The number of carbonyl (C=O) groups excluding carboxylic acids is 1. The van der Waals surface area contributed by atoms with Gasteiger partial charge in [0.25, 0.3) is 5.92 Å². The maximum atomic E-state index is 13.9. The van der Waals surface area contributed by atoms with E-state index >= 15 is 0 Å². The van der Waals surface area contributed by atoms with Crippen molar-refractivity contribution in [3.8, 4) is 6.07 Å². The third-order valence-electron chi connectivity index (χ3n) is 6.42. The number of carbonyl (C=O) groups is 2. The Hall–Kier alpha value is -2.80. The van der Waals surface area contributed by atoms with Crippen LogP contribution < -0.4 is 11.1 Å². The quantitative estimate of drug-likeness (QED) is 0.612. The maximum Gasteiger partial charge on any atom is 0.407 e. The second-order valence-corrected chi connectivity index (χ2v) is 9.16. The van der Waals surface area contributed by atoms with Gasteiger partial charge >= 0.3 is 6.09 Å². The van der Waals surface area contributed by atoms with Crippen molar-refractivity contribution >= 4 is 12.0 Å². The van der Waals surface area contributed by atoms with Crippen molar-refractivity contribution in [2.24, 2.45) is 11.1 Å². The first-order valence-electron chi connectivity index (χ1n) is 10.8. The molecule has 4 N–H and O–H groups in total. The predicted molar refractivity (Wildman–Crippen MR) is 112 cm³/mol. The predicted octanol–water partition coefficient (Wildman–Crippen LogP) is 2.69. The van der Waals surface area contributed by atoms with Crippen LogP contribution in [-0.2, 0) is 11.2 Å². The summed E-state index contributed by atoms with van der Waals surface area (Å²) in [6, 6.07) is 3.73. The number of piperidine rings is 1. The van der Waals surface area contributed by atoms with E-state index in [0.717, 1.165) is 25.9 Å². The summed E-state index contributed by atoms with van der Waals surface area (Å²) in [5.74, 6) is -3.82. The molecule has 10 heteroatoms. The van der Waals surface area contributed by atoms with E-state index in [-0.39, 0.29) is 0 Å². The van der Waals surface area contributed by atoms with Crippen LogP contribution in [0.25, 0.3) is 0 Å². The number of halogens is 2. The van der Waals surface area contributed by atoms with Gasteiger partial charge < -0.3 is 21.1 Å². The lowest BCUT2D eigenvalue weighted by molar-refractivity contribution is -0.125. The lowest BCUT2D eigenvalue weighted by Crippen LogP contribution is -2.48. The van der Waals surface area contributed by atoms with Crippen LogP contribution in [0.1, 0.15) is 50.5 Å². The number of nitrogens with zero attached hydrogens (tertiary/aromatic N) is 3. The molecule has 2 heterocycles. The summed E-state index contributed by atoms with van der Waals surface area (Å²) >= 11 is 0. The standard InChI is InChI=1S/C14H16F2N4O.C8H13NO2/c15-14(16,6-10-2-1-5-19-8-10)7-11(18)12(21)20-13(9-17)3-4-13;10-7(11)9-5-3-8(1-2-8)4-6-9/h1-2,5,8,11H,3-4,6-7,18H2,(H,20,21);1-6H2,(H,10,11)/t11-;/m0./s1. The molecule has 0 unspecified atom stereocenters. The zero-order valence-electron chi connectivity index (χ0n) is 17.9. The van der Waals surface area contributed by atoms with E-state index in [0.29, 0.717) is 23.8 Å². The number of hydrogen-bond donors (Lipinski definition) is 3. The van der Waals surface area contributed by atoms with Crippen molar-refractivity contribution in [3.63, 3.8) is 0 Å². The Morgan fingerprint density at radius 3 is 2.41 bits per heavy atom. The van der Waals surface area contributed by atoms with Crippen molar-refractivity contribution in [2.75, 3.05) is 13.1 Å². The smallest absolute Gasteiger partial charge is 0.407 e. The molecule has 1 aromatic rings. The Labute approximate surface area is 185 Å². The van der Waals surface area contributed by atoms with Crippen LogP contribution in [0.4, 0.5) is 13.6 Å². The molecule has 0 aromatic carbocycles. The molecule has 2 amide bonds. The van der Waals surface area contributed by atoms with Gasteiger partial charge in [-0.1, -0.05) is 6.07 Å². The van der Waals surface area contributed by atoms with Crippen LogP contribution >= 0.6 is 0 Å². The lowest BCUT2D eigenvalue weighted by atomic mass is 9.94. The Morgan fingerprint density at radius 1 is 1.28 bits per heavy atom. The number of nitrogens with two attached hydrogens (primary N) is 1. The van der Waals surface area contributed by atoms with E-state index in [1.807, 2.05) is 6.07 Å². The Kier molecular flexibility index (Phi) is 6.98. The number of carboxylic acid groups (broad SMARTS) is 1. The van der Waals surface area contributed by atoms with Crippen molar-refractivity contribution in [1.82, 2.24) is 15.2 Å². The van der Waals surface area contributed by atoms with E-state index in [1.54, 1.807) is 12.1 Å². The first-order valence-corrected chi connectivity index (χ1v) is 10.8. The zero-order valence-corrected chi connectivity index (χ0v) is 17.9. The van der Waals surface area contributed by atoms with Crippen LogP contribution in [0.15, 0.2) is 24.5 Å². The highest BCUT2D eigenvalue weighted by Gasteiger charge is 2.46. The number of hydrogen-bond acceptors (Lipinski definition) is 5. The number of nitriles is 1. The molecule has 1 spiro atoms. The SMILES string of the molecule is N#CC1(NC(=O)[C@@H](N)CC(F)(F)Cc2cccnc2)CC1.O=C(O)N1CCC2(CC1)CC2. The minimum Gasteiger partial charge on any atom is -0.465 e. The summed E-state index contributed by atoms with van der Waals surface area (Å²) < 4.78 is 27.8. The van der Waals surface area contributed by atoms with Crippen LogP contribution in [0, 0.1) is 16.7 Å². The molecule has 3 aliphatic rings. The van der Waals surface area contributed by atoms with Gasteiger partial charge in [-0.2, -0.15) is 5.26 Å². The number of rotatable bonds is 6. The van der Waals surface area contributed by atoms with Gasteiger partial charge in [0.2, 0.25) is 5.91 Å². The summed E-state index contributed by atoms with van der Waals surface area (Å²) in [5, 5.41) is 19.9. The number of pyridine rings is 1. The first-order chi connectivity index (χ1) is 15.1. The highest BCUT2D eigenvalue weighted by molar-refractivity contribution is 5.83. The second kappa shape index (κ2) is 9.36. The van der Waals surface area contributed by atoms with E-state index in [9.17, 15) is 18.4 Å². The summed E-state index contributed by atoms with van der Waals surface area (Å²) in [4.78, 5) is 27.6. The fraction of sp³-hybridized carbons (Fsp3) is 0.636. The van der Waals surface area contributed by atoms with E-state index in [4.69, 9.17) is 16.1 Å². The van der Waals surface area contributed by atoms with Gasteiger partial charge in [-0.3, -0.25) is 9.78 Å². The minimum atomic E-state index is -3.11. The summed E-state index contributed by atoms with van der Waals surface area (Å²) in [7, 11) is 0. The Morgan fingerprint density at radius 2 is 1.94 bits per heavy atom. The maximum absolute atomic E-state index is 13.9. The van der Waals surface area contributed by atoms with Crippen molar-refractivity contribution in [1.29, 1.82) is 5.26 Å². The van der Waals surface area contributed by atoms with Gasteiger partial charge in [-0.05, 0) is 55.6 Å². The summed E-state index contributed by atoms with van der Waals surface area (Å²) in [5.41, 5.74) is 5.60. The topological polar surface area (TPSA) is 132 Å². The molecule has 0 radical (unpaired) electrons. The Bertz CT molecular complexity index is 856. The van der Waals surface area contributed by atoms with Gasteiger partial charge in [0, 0.05) is 38.3 Å². The minimum absolute atomic E-state index is 0.380. The molecule has 32 heavy (non-hydrogen) atoms. The molecule has 8 nitrogen and oxygen atoms in total. The monoisotopic (exact) mass is 449 g/mol. The van der Waals surface area contributed by atoms with Gasteiger partial charge in [0.1, 0.15) is 5.54 Å². The summed E-state index contributed by atoms with van der Waals surface area (Å²) in [6.07, 6.45) is 6.74. The molecule has 3 fully saturated rings. The van der Waals surface area contributed by atoms with Crippen LogP contribution in [0.3, 0.4) is 0 Å². The molecule has 4 rings (SSSR count). The Balaban J connectivity index is 0.000000219. The third kappa shape index (κ3) is 6.60. The van der Waals surface area contributed by atoms with Crippen LogP contribution in [0.2, 0.25) is 0 Å². The fourth-order valence-corrected chi connectivity index (χ4v) is 3.86. The molecule has 1 aliphatic heterocycles. The van der Waals surface area contributed by atoms with Gasteiger partial charge in [0.05, 0.1) is 12.1 Å². The van der Waals surface area contributed by atoms with Gasteiger partial charge in [0.15, 0.2) is 0 Å². The fourth-order valence-electron chi connectivity index (χ4n) is 3.86. The number of alkyl halides is 2. The normalized spacial score (nSPS) is 20.9. The van der Waals surface area contributed by atoms with Crippen LogP contribution in [0.5, 0.6) is 0 Å². The third-order valence-corrected chi connectivity index (χ3v) is 6.42. The molecular formula is C22H29F2N5O3. The average Bonchev–Trinajstić information content (AvgIpc) is 3.67.